The molecule has 1 fully saturated rings. The Balaban J connectivity index is 1.66. The number of piperazine rings is 1. The number of hydrogen-bond donors (Lipinski definition) is 2. The van der Waals surface area contributed by atoms with Gasteiger partial charge in [0.05, 0.1) is 12.2 Å². The van der Waals surface area contributed by atoms with Crippen molar-refractivity contribution < 1.29 is 4.79 Å². The minimum Gasteiger partial charge on any atom is -0.337 e. The molecule has 2 amide bonds. The number of nitrogens with one attached hydrogen (secondary N) is 2. The molecule has 2 heterocycles. The molecule has 134 valence electrons. The van der Waals surface area contributed by atoms with Crippen molar-refractivity contribution in [3.63, 3.8) is 0 Å². The summed E-state index contributed by atoms with van der Waals surface area (Å²) in [5, 5.41) is 5.81. The van der Waals surface area contributed by atoms with Crippen molar-refractivity contribution in [1.82, 2.24) is 25.4 Å². The van der Waals surface area contributed by atoms with Crippen LogP contribution in [0.3, 0.4) is 0 Å². The molecule has 6 nitrogen and oxygen atoms in total. The van der Waals surface area contributed by atoms with Crippen molar-refractivity contribution >= 4 is 6.03 Å². The number of carbonyl (C=O) groups excluding carboxylic acids is 1. The summed E-state index contributed by atoms with van der Waals surface area (Å²) in [6.45, 7) is 11.8. The number of hydrogen-bond acceptors (Lipinski definition) is 4. The zero-order valence-electron chi connectivity index (χ0n) is 15.4. The van der Waals surface area contributed by atoms with Crippen LogP contribution in [-0.2, 0) is 13.0 Å². The van der Waals surface area contributed by atoms with Gasteiger partial charge in [-0.05, 0) is 45.0 Å². The standard InChI is InChI=1S/C18H31N5O/c1-5-15-6-7-19-16(12-15)13-21-17(24)20-8-9-23-11-10-22(4)18(2,3)14-23/h6-7,12H,5,8-11,13-14H2,1-4H3,(H2,20,21,24). The topological polar surface area (TPSA) is 60.5 Å². The predicted molar refractivity (Wildman–Crippen MR) is 97.0 cm³/mol. The first-order chi connectivity index (χ1) is 11.4. The minimum atomic E-state index is -0.132. The van der Waals surface area contributed by atoms with Gasteiger partial charge in [-0.25, -0.2) is 4.79 Å². The summed E-state index contributed by atoms with van der Waals surface area (Å²) in [7, 11) is 2.17. The van der Waals surface area contributed by atoms with Crippen molar-refractivity contribution in [3.05, 3.63) is 29.6 Å². The van der Waals surface area contributed by atoms with E-state index in [0.29, 0.717) is 13.1 Å². The summed E-state index contributed by atoms with van der Waals surface area (Å²) in [6.07, 6.45) is 2.77. The Bertz CT molecular complexity index is 546. The van der Waals surface area contributed by atoms with Crippen LogP contribution >= 0.6 is 0 Å². The van der Waals surface area contributed by atoms with Crippen LogP contribution in [0.2, 0.25) is 0 Å². The van der Waals surface area contributed by atoms with Gasteiger partial charge < -0.3 is 10.6 Å². The van der Waals surface area contributed by atoms with E-state index in [1.165, 1.54) is 5.56 Å². The van der Waals surface area contributed by atoms with Crippen molar-refractivity contribution in [3.8, 4) is 0 Å². The first-order valence-electron chi connectivity index (χ1n) is 8.80. The van der Waals surface area contributed by atoms with Crippen LogP contribution in [0.1, 0.15) is 32.0 Å². The van der Waals surface area contributed by atoms with E-state index in [1.807, 2.05) is 12.1 Å². The average Bonchev–Trinajstić information content (AvgIpc) is 2.56. The Hall–Kier alpha value is -1.66. The van der Waals surface area contributed by atoms with Gasteiger partial charge in [0.15, 0.2) is 0 Å². The van der Waals surface area contributed by atoms with E-state index >= 15 is 0 Å². The zero-order chi connectivity index (χ0) is 17.6. The minimum absolute atomic E-state index is 0.132. The molecule has 0 spiro atoms. The average molecular weight is 333 g/mol. The third-order valence-electron chi connectivity index (χ3n) is 4.83. The molecule has 2 N–H and O–H groups in total. The van der Waals surface area contributed by atoms with Gasteiger partial charge in [0.2, 0.25) is 0 Å². The molecule has 0 bridgehead atoms. The summed E-state index contributed by atoms with van der Waals surface area (Å²) in [6, 6.07) is 3.90. The molecule has 1 aliphatic rings. The molecule has 2 rings (SSSR count). The molecular formula is C18H31N5O. The quantitative estimate of drug-likeness (QED) is 0.828. The van der Waals surface area contributed by atoms with E-state index in [2.05, 4.69) is 53.2 Å². The number of aromatic nitrogens is 1. The van der Waals surface area contributed by atoms with E-state index in [1.54, 1.807) is 6.20 Å². The fraction of sp³-hybridized carbons (Fsp3) is 0.667. The molecule has 1 aliphatic heterocycles. The maximum Gasteiger partial charge on any atom is 0.315 e. The van der Waals surface area contributed by atoms with Gasteiger partial charge in [0.1, 0.15) is 0 Å². The molecule has 0 aliphatic carbocycles. The maximum atomic E-state index is 11.9. The smallest absolute Gasteiger partial charge is 0.315 e. The summed E-state index contributed by atoms with van der Waals surface area (Å²) >= 11 is 0. The number of urea groups is 1. The molecule has 6 heteroatoms. The van der Waals surface area contributed by atoms with E-state index in [-0.39, 0.29) is 11.6 Å². The van der Waals surface area contributed by atoms with Gasteiger partial charge in [0.25, 0.3) is 0 Å². The van der Waals surface area contributed by atoms with Crippen molar-refractivity contribution in [2.45, 2.75) is 39.3 Å². The predicted octanol–water partition coefficient (Wildman–Crippen LogP) is 1.47. The molecular weight excluding hydrogens is 302 g/mol. The largest absolute Gasteiger partial charge is 0.337 e. The summed E-state index contributed by atoms with van der Waals surface area (Å²) in [4.78, 5) is 21.0. The molecule has 0 radical (unpaired) electrons. The zero-order valence-corrected chi connectivity index (χ0v) is 15.4. The van der Waals surface area contributed by atoms with Crippen LogP contribution in [0.4, 0.5) is 4.79 Å². The monoisotopic (exact) mass is 333 g/mol. The highest BCUT2D eigenvalue weighted by Gasteiger charge is 2.30. The summed E-state index contributed by atoms with van der Waals surface area (Å²) in [5.74, 6) is 0. The number of amides is 2. The lowest BCUT2D eigenvalue weighted by molar-refractivity contribution is 0.0410. The van der Waals surface area contributed by atoms with Gasteiger partial charge >= 0.3 is 6.03 Å². The molecule has 0 saturated carbocycles. The highest BCUT2D eigenvalue weighted by Crippen LogP contribution is 2.18. The van der Waals surface area contributed by atoms with E-state index < -0.39 is 0 Å². The first-order valence-corrected chi connectivity index (χ1v) is 8.80. The maximum absolute atomic E-state index is 11.9. The van der Waals surface area contributed by atoms with Crippen LogP contribution in [0, 0.1) is 0 Å². The van der Waals surface area contributed by atoms with Crippen LogP contribution in [-0.4, -0.2) is 66.1 Å². The fourth-order valence-electron chi connectivity index (χ4n) is 2.94. The lowest BCUT2D eigenvalue weighted by Crippen LogP contribution is -2.58. The van der Waals surface area contributed by atoms with E-state index in [4.69, 9.17) is 0 Å². The van der Waals surface area contributed by atoms with Crippen LogP contribution in [0.15, 0.2) is 18.3 Å². The number of aryl methyl sites for hydroxylation is 1. The second kappa shape index (κ2) is 8.44. The number of carbonyl (C=O) groups is 1. The highest BCUT2D eigenvalue weighted by atomic mass is 16.2. The van der Waals surface area contributed by atoms with E-state index in [9.17, 15) is 4.79 Å². The summed E-state index contributed by atoms with van der Waals surface area (Å²) < 4.78 is 0. The molecule has 24 heavy (non-hydrogen) atoms. The molecule has 1 aromatic rings. The lowest BCUT2D eigenvalue weighted by Gasteiger charge is -2.45. The van der Waals surface area contributed by atoms with E-state index in [0.717, 1.165) is 38.3 Å². The Morgan fingerprint density at radius 2 is 2.12 bits per heavy atom. The number of pyridine rings is 1. The molecule has 1 saturated heterocycles. The number of likely N-dealkylation sites (N-methyl/N-ethyl adjacent to an activating group) is 1. The molecule has 0 unspecified atom stereocenters. The second-order valence-corrected chi connectivity index (χ2v) is 7.13. The third-order valence-corrected chi connectivity index (χ3v) is 4.83. The molecule has 0 atom stereocenters. The Labute approximate surface area is 145 Å². The Morgan fingerprint density at radius 1 is 1.33 bits per heavy atom. The molecule has 0 aromatic carbocycles. The Morgan fingerprint density at radius 3 is 2.83 bits per heavy atom. The van der Waals surface area contributed by atoms with Gasteiger partial charge in [-0.3, -0.25) is 14.8 Å². The Kier molecular flexibility index (Phi) is 6.57. The second-order valence-electron chi connectivity index (χ2n) is 7.13. The molecule has 1 aromatic heterocycles. The fourth-order valence-corrected chi connectivity index (χ4v) is 2.94. The van der Waals surface area contributed by atoms with Gasteiger partial charge in [-0.15, -0.1) is 0 Å². The van der Waals surface area contributed by atoms with Gasteiger partial charge in [-0.1, -0.05) is 6.92 Å². The van der Waals surface area contributed by atoms with Gasteiger partial charge in [0, 0.05) is 44.5 Å². The number of nitrogens with zero attached hydrogens (tertiary/aromatic N) is 3. The third kappa shape index (κ3) is 5.46. The van der Waals surface area contributed by atoms with Crippen LogP contribution < -0.4 is 10.6 Å². The van der Waals surface area contributed by atoms with Crippen molar-refractivity contribution in [2.24, 2.45) is 0 Å². The normalized spacial score (nSPS) is 18.3. The highest BCUT2D eigenvalue weighted by molar-refractivity contribution is 5.73. The van der Waals surface area contributed by atoms with Crippen LogP contribution in [0.5, 0.6) is 0 Å². The SMILES string of the molecule is CCc1ccnc(CNC(=O)NCCN2CCN(C)C(C)(C)C2)c1. The first kappa shape index (κ1) is 18.7. The number of rotatable bonds is 6. The lowest BCUT2D eigenvalue weighted by atomic mass is 10.00. The van der Waals surface area contributed by atoms with Gasteiger partial charge in [-0.2, -0.15) is 0 Å². The van der Waals surface area contributed by atoms with Crippen molar-refractivity contribution in [1.29, 1.82) is 0 Å². The summed E-state index contributed by atoms with van der Waals surface area (Å²) in [5.41, 5.74) is 2.32. The van der Waals surface area contributed by atoms with Crippen LogP contribution in [0.25, 0.3) is 0 Å². The van der Waals surface area contributed by atoms with Crippen molar-refractivity contribution in [2.75, 3.05) is 39.8 Å².